The molecule has 2 aromatic rings. The number of carbonyl (C=O) groups is 1. The lowest BCUT2D eigenvalue weighted by atomic mass is 10.2. The summed E-state index contributed by atoms with van der Waals surface area (Å²) in [6, 6.07) is 11.2. The number of pyridine rings is 2. The summed E-state index contributed by atoms with van der Waals surface area (Å²) in [6.45, 7) is 4.31. The molecule has 2 heterocycles. The van der Waals surface area contributed by atoms with Crippen LogP contribution in [0.3, 0.4) is 0 Å². The van der Waals surface area contributed by atoms with Gasteiger partial charge >= 0.3 is 0 Å². The van der Waals surface area contributed by atoms with E-state index >= 15 is 0 Å². The second-order valence-electron chi connectivity index (χ2n) is 4.95. The molecule has 0 aliphatic carbocycles. The molecule has 0 aliphatic rings. The Bertz CT molecular complexity index is 668. The lowest BCUT2D eigenvalue weighted by Crippen LogP contribution is -2.02. The molecule has 0 aliphatic heterocycles. The summed E-state index contributed by atoms with van der Waals surface area (Å²) < 4.78 is 0. The normalized spacial score (nSPS) is 11.3. The second kappa shape index (κ2) is 8.02. The minimum Gasteiger partial charge on any atom is -0.396 e. The van der Waals surface area contributed by atoms with Crippen LogP contribution in [-0.2, 0) is 11.3 Å². The average Bonchev–Trinajstić information content (AvgIpc) is 2.54. The highest BCUT2D eigenvalue weighted by molar-refractivity contribution is 5.96. The molecule has 5 heteroatoms. The van der Waals surface area contributed by atoms with Crippen LogP contribution >= 0.6 is 0 Å². The van der Waals surface area contributed by atoms with E-state index in [4.69, 9.17) is 4.84 Å². The zero-order valence-corrected chi connectivity index (χ0v) is 12.8. The highest BCUT2D eigenvalue weighted by Gasteiger charge is 2.00. The molecule has 0 unspecified atom stereocenters. The molecule has 5 nitrogen and oxygen atoms in total. The predicted octanol–water partition coefficient (Wildman–Crippen LogP) is 2.97. The molecule has 114 valence electrons. The number of aromatic nitrogens is 2. The third-order valence-corrected chi connectivity index (χ3v) is 3.08. The van der Waals surface area contributed by atoms with E-state index < -0.39 is 0 Å². The maximum absolute atomic E-state index is 10.7. The minimum atomic E-state index is 0.456. The average molecular weight is 297 g/mol. The van der Waals surface area contributed by atoms with Crippen molar-refractivity contribution in [1.29, 1.82) is 0 Å². The fourth-order valence-electron chi connectivity index (χ4n) is 1.95. The van der Waals surface area contributed by atoms with Gasteiger partial charge in [0.05, 0.1) is 5.69 Å². The topological polar surface area (TPSA) is 64.4 Å². The van der Waals surface area contributed by atoms with E-state index in [-0.39, 0.29) is 0 Å². The quantitative estimate of drug-likeness (QED) is 0.341. The van der Waals surface area contributed by atoms with Crippen molar-refractivity contribution in [2.24, 2.45) is 5.16 Å². The Kier molecular flexibility index (Phi) is 5.77. The molecule has 0 radical (unpaired) electrons. The minimum absolute atomic E-state index is 0.456. The van der Waals surface area contributed by atoms with Gasteiger partial charge in [0, 0.05) is 11.4 Å². The maximum Gasteiger partial charge on any atom is 0.168 e. The zero-order chi connectivity index (χ0) is 15.8. The number of hydrogen-bond acceptors (Lipinski definition) is 5. The van der Waals surface area contributed by atoms with E-state index in [1.165, 1.54) is 0 Å². The van der Waals surface area contributed by atoms with Crippen molar-refractivity contribution in [3.05, 3.63) is 59.2 Å². The van der Waals surface area contributed by atoms with Crippen molar-refractivity contribution in [2.75, 3.05) is 6.61 Å². The van der Waals surface area contributed by atoms with E-state index in [0.717, 1.165) is 41.9 Å². The van der Waals surface area contributed by atoms with Crippen molar-refractivity contribution < 1.29 is 9.63 Å². The van der Waals surface area contributed by atoms with Crippen LogP contribution in [0.25, 0.3) is 0 Å². The van der Waals surface area contributed by atoms with Crippen molar-refractivity contribution >= 4 is 12.0 Å². The van der Waals surface area contributed by atoms with Gasteiger partial charge in [0.25, 0.3) is 0 Å². The van der Waals surface area contributed by atoms with Crippen LogP contribution in [0.15, 0.2) is 41.6 Å². The number of rotatable bonds is 7. The monoisotopic (exact) mass is 297 g/mol. The standard InChI is InChI=1S/C17H19N3O2/c1-13-6-3-10-17(18-13)14(2)20-22-11-5-9-15-7-4-8-16(12-21)19-15/h3-4,6-8,10,12H,5,9,11H2,1-2H3/b20-14-. The number of nitrogens with zero attached hydrogens (tertiary/aromatic N) is 3. The first-order valence-electron chi connectivity index (χ1n) is 7.21. The van der Waals surface area contributed by atoms with Crippen LogP contribution < -0.4 is 0 Å². The first-order valence-corrected chi connectivity index (χ1v) is 7.21. The molecule has 0 atom stereocenters. The number of oxime groups is 1. The van der Waals surface area contributed by atoms with Gasteiger partial charge in [0.2, 0.25) is 0 Å². The van der Waals surface area contributed by atoms with Gasteiger partial charge < -0.3 is 4.84 Å². The van der Waals surface area contributed by atoms with E-state index in [1.54, 1.807) is 6.07 Å². The van der Waals surface area contributed by atoms with Gasteiger partial charge in [-0.15, -0.1) is 0 Å². The zero-order valence-electron chi connectivity index (χ0n) is 12.8. The fraction of sp³-hybridized carbons (Fsp3) is 0.294. The summed E-state index contributed by atoms with van der Waals surface area (Å²) in [7, 11) is 0. The van der Waals surface area contributed by atoms with Crippen LogP contribution in [0.1, 0.15) is 40.9 Å². The van der Waals surface area contributed by atoms with Crippen LogP contribution in [0, 0.1) is 6.92 Å². The van der Waals surface area contributed by atoms with E-state index in [0.29, 0.717) is 12.3 Å². The Hall–Kier alpha value is -2.56. The molecule has 2 rings (SSSR count). The smallest absolute Gasteiger partial charge is 0.168 e. The molecule has 0 fully saturated rings. The number of aldehydes is 1. The van der Waals surface area contributed by atoms with Gasteiger partial charge in [0.1, 0.15) is 18.0 Å². The van der Waals surface area contributed by atoms with Gasteiger partial charge in [-0.25, -0.2) is 0 Å². The molecule has 0 spiro atoms. The molecule has 0 saturated heterocycles. The number of carbonyl (C=O) groups excluding carboxylic acids is 1. The van der Waals surface area contributed by atoms with Crippen LogP contribution in [-0.4, -0.2) is 28.6 Å². The van der Waals surface area contributed by atoms with Crippen molar-refractivity contribution in [1.82, 2.24) is 9.97 Å². The van der Waals surface area contributed by atoms with Crippen LogP contribution in [0.4, 0.5) is 0 Å². The van der Waals surface area contributed by atoms with Crippen molar-refractivity contribution in [3.8, 4) is 0 Å². The largest absolute Gasteiger partial charge is 0.396 e. The molecule has 0 aromatic carbocycles. The third-order valence-electron chi connectivity index (χ3n) is 3.08. The lowest BCUT2D eigenvalue weighted by Gasteiger charge is -2.03. The first-order chi connectivity index (χ1) is 10.7. The SMILES string of the molecule is C/C(=N/OCCCc1cccc(C=O)n1)c1cccc(C)n1. The molecule has 0 saturated carbocycles. The van der Waals surface area contributed by atoms with Gasteiger partial charge in [0.15, 0.2) is 6.29 Å². The molecule has 0 amide bonds. The summed E-state index contributed by atoms with van der Waals surface area (Å²) in [5.41, 5.74) is 3.87. The first kappa shape index (κ1) is 15.8. The van der Waals surface area contributed by atoms with E-state index in [9.17, 15) is 4.79 Å². The van der Waals surface area contributed by atoms with Gasteiger partial charge in [-0.2, -0.15) is 0 Å². The summed E-state index contributed by atoms with van der Waals surface area (Å²) in [5.74, 6) is 0. The highest BCUT2D eigenvalue weighted by Crippen LogP contribution is 2.03. The molecular weight excluding hydrogens is 278 g/mol. The van der Waals surface area contributed by atoms with Gasteiger partial charge in [-0.1, -0.05) is 17.3 Å². The van der Waals surface area contributed by atoms with E-state index in [2.05, 4.69) is 15.1 Å². The molecular formula is C17H19N3O2. The Morgan fingerprint density at radius 2 is 2.05 bits per heavy atom. The van der Waals surface area contributed by atoms with Crippen LogP contribution in [0.2, 0.25) is 0 Å². The summed E-state index contributed by atoms with van der Waals surface area (Å²) in [5, 5.41) is 4.08. The Balaban J connectivity index is 1.79. The Morgan fingerprint density at radius 1 is 1.23 bits per heavy atom. The maximum atomic E-state index is 10.7. The lowest BCUT2D eigenvalue weighted by molar-refractivity contribution is 0.111. The van der Waals surface area contributed by atoms with Crippen molar-refractivity contribution in [3.63, 3.8) is 0 Å². The van der Waals surface area contributed by atoms with E-state index in [1.807, 2.05) is 44.2 Å². The molecule has 22 heavy (non-hydrogen) atoms. The number of aryl methyl sites for hydroxylation is 2. The van der Waals surface area contributed by atoms with Gasteiger partial charge in [-0.3, -0.25) is 14.8 Å². The molecule has 2 aromatic heterocycles. The predicted molar refractivity (Wildman–Crippen MR) is 85.1 cm³/mol. The summed E-state index contributed by atoms with van der Waals surface area (Å²) in [4.78, 5) is 24.6. The second-order valence-corrected chi connectivity index (χ2v) is 4.95. The molecule has 0 N–H and O–H groups in total. The highest BCUT2D eigenvalue weighted by atomic mass is 16.6. The number of hydrogen-bond donors (Lipinski definition) is 0. The Labute approximate surface area is 130 Å². The summed E-state index contributed by atoms with van der Waals surface area (Å²) in [6.07, 6.45) is 2.29. The summed E-state index contributed by atoms with van der Waals surface area (Å²) >= 11 is 0. The third kappa shape index (κ3) is 4.77. The molecule has 0 bridgehead atoms. The van der Waals surface area contributed by atoms with Crippen molar-refractivity contribution in [2.45, 2.75) is 26.7 Å². The van der Waals surface area contributed by atoms with Crippen LogP contribution in [0.5, 0.6) is 0 Å². The Morgan fingerprint density at radius 3 is 2.82 bits per heavy atom. The van der Waals surface area contributed by atoms with Gasteiger partial charge in [-0.05, 0) is 51.0 Å². The fourth-order valence-corrected chi connectivity index (χ4v) is 1.95.